The van der Waals surface area contributed by atoms with Crippen LogP contribution in [-0.2, 0) is 18.4 Å². The molecule has 1 amide bonds. The fourth-order valence-electron chi connectivity index (χ4n) is 4.21. The Morgan fingerprint density at radius 2 is 1.76 bits per heavy atom. The average molecular weight is 468 g/mol. The van der Waals surface area contributed by atoms with Crippen molar-refractivity contribution in [2.24, 2.45) is 13.0 Å². The number of nitrogens with zero attached hydrogens (tertiary/aromatic N) is 4. The molecular formula is C25H30FN5O3. The van der Waals surface area contributed by atoms with E-state index in [2.05, 4.69) is 30.8 Å². The Morgan fingerprint density at radius 3 is 2.32 bits per heavy atom. The number of methoxy groups -OCH3 is 2. The number of amides is 1. The average Bonchev–Trinajstić information content (AvgIpc) is 3.27. The molecule has 3 heterocycles. The third-order valence-corrected chi connectivity index (χ3v) is 6.26. The lowest BCUT2D eigenvalue weighted by Gasteiger charge is -2.32. The van der Waals surface area contributed by atoms with Crippen molar-refractivity contribution in [2.45, 2.75) is 25.4 Å². The van der Waals surface area contributed by atoms with Gasteiger partial charge in [0.2, 0.25) is 17.7 Å². The van der Waals surface area contributed by atoms with Crippen LogP contribution in [0.4, 0.5) is 4.39 Å². The number of aryl methyl sites for hydroxylation is 1. The fraction of sp³-hybridized carbons (Fsp3) is 0.400. The second kappa shape index (κ2) is 10.6. The summed E-state index contributed by atoms with van der Waals surface area (Å²) in [6.45, 7) is 2.55. The second-order valence-corrected chi connectivity index (χ2v) is 8.46. The maximum atomic E-state index is 13.6. The van der Waals surface area contributed by atoms with E-state index in [1.807, 2.05) is 19.3 Å². The van der Waals surface area contributed by atoms with Gasteiger partial charge in [-0.05, 0) is 55.8 Å². The van der Waals surface area contributed by atoms with Gasteiger partial charge in [-0.2, -0.15) is 9.97 Å². The Kier molecular flexibility index (Phi) is 7.42. The highest BCUT2D eigenvalue weighted by atomic mass is 19.1. The molecule has 4 rings (SSSR count). The van der Waals surface area contributed by atoms with Crippen LogP contribution in [0, 0.1) is 11.7 Å². The first kappa shape index (κ1) is 23.7. The number of likely N-dealkylation sites (tertiary alicyclic amines) is 1. The molecule has 1 saturated heterocycles. The lowest BCUT2D eigenvalue weighted by atomic mass is 9.94. The topological polar surface area (TPSA) is 81.5 Å². The van der Waals surface area contributed by atoms with E-state index in [0.29, 0.717) is 23.1 Å². The molecule has 1 aliphatic heterocycles. The summed E-state index contributed by atoms with van der Waals surface area (Å²) < 4.78 is 26.2. The summed E-state index contributed by atoms with van der Waals surface area (Å²) in [7, 11) is 5.04. The first-order valence-corrected chi connectivity index (χ1v) is 11.3. The molecule has 3 aromatic rings. The van der Waals surface area contributed by atoms with Crippen molar-refractivity contribution in [1.29, 1.82) is 0 Å². The zero-order valence-corrected chi connectivity index (χ0v) is 19.7. The maximum absolute atomic E-state index is 13.6. The Hall–Kier alpha value is -3.46. The summed E-state index contributed by atoms with van der Waals surface area (Å²) in [6.07, 6.45) is 3.56. The standard InChI is InChI=1S/C25H30FN5O3/c1-30-12-4-5-20(30)16-31-13-10-18(11-14-31)25(32)29-23(17-6-8-19(26)9-7-17)24-27-21(33-2)15-22(28-24)34-3/h4-9,12,15,18,23H,10-11,13-14,16H2,1-3H3,(H,29,32). The summed E-state index contributed by atoms with van der Waals surface area (Å²) in [4.78, 5) is 24.5. The normalized spacial score (nSPS) is 15.6. The van der Waals surface area contributed by atoms with Crippen molar-refractivity contribution in [1.82, 2.24) is 24.8 Å². The number of carbonyl (C=O) groups excluding carboxylic acids is 1. The van der Waals surface area contributed by atoms with E-state index < -0.39 is 6.04 Å². The van der Waals surface area contributed by atoms with Crippen LogP contribution < -0.4 is 14.8 Å². The molecule has 0 radical (unpaired) electrons. The van der Waals surface area contributed by atoms with E-state index in [9.17, 15) is 9.18 Å². The number of carbonyl (C=O) groups is 1. The maximum Gasteiger partial charge on any atom is 0.224 e. The predicted molar refractivity (Wildman–Crippen MR) is 125 cm³/mol. The molecule has 34 heavy (non-hydrogen) atoms. The number of hydrogen-bond donors (Lipinski definition) is 1. The van der Waals surface area contributed by atoms with Crippen LogP contribution in [0.2, 0.25) is 0 Å². The molecule has 1 atom stereocenters. The van der Waals surface area contributed by atoms with Crippen molar-refractivity contribution in [3.05, 3.63) is 71.6 Å². The van der Waals surface area contributed by atoms with Gasteiger partial charge in [-0.25, -0.2) is 4.39 Å². The van der Waals surface area contributed by atoms with Crippen molar-refractivity contribution in [3.63, 3.8) is 0 Å². The number of ether oxygens (including phenoxy) is 2. The van der Waals surface area contributed by atoms with E-state index in [4.69, 9.17) is 9.47 Å². The van der Waals surface area contributed by atoms with Gasteiger partial charge in [-0.1, -0.05) is 12.1 Å². The number of benzene rings is 1. The molecule has 0 spiro atoms. The van der Waals surface area contributed by atoms with Gasteiger partial charge in [-0.15, -0.1) is 0 Å². The van der Waals surface area contributed by atoms with Gasteiger partial charge in [0.1, 0.15) is 11.9 Å². The summed E-state index contributed by atoms with van der Waals surface area (Å²) in [5.41, 5.74) is 1.93. The van der Waals surface area contributed by atoms with Gasteiger partial charge in [0.25, 0.3) is 0 Å². The third-order valence-electron chi connectivity index (χ3n) is 6.26. The molecule has 8 nitrogen and oxygen atoms in total. The SMILES string of the molecule is COc1cc(OC)nc(C(NC(=O)C2CCN(Cc3cccn3C)CC2)c2ccc(F)cc2)n1. The molecule has 9 heteroatoms. The highest BCUT2D eigenvalue weighted by molar-refractivity contribution is 5.79. The van der Waals surface area contributed by atoms with Crippen LogP contribution in [0.25, 0.3) is 0 Å². The smallest absolute Gasteiger partial charge is 0.224 e. The number of hydrogen-bond acceptors (Lipinski definition) is 6. The van der Waals surface area contributed by atoms with Gasteiger partial charge in [-0.3, -0.25) is 9.69 Å². The molecule has 180 valence electrons. The van der Waals surface area contributed by atoms with Crippen LogP contribution >= 0.6 is 0 Å². The molecule has 1 N–H and O–H groups in total. The van der Waals surface area contributed by atoms with E-state index in [0.717, 1.165) is 32.5 Å². The molecule has 0 saturated carbocycles. The third kappa shape index (κ3) is 5.53. The molecule has 1 aromatic carbocycles. The summed E-state index contributed by atoms with van der Waals surface area (Å²) in [6, 6.07) is 11.0. The minimum Gasteiger partial charge on any atom is -0.481 e. The van der Waals surface area contributed by atoms with Crippen LogP contribution in [0.15, 0.2) is 48.7 Å². The van der Waals surface area contributed by atoms with Crippen molar-refractivity contribution < 1.29 is 18.7 Å². The van der Waals surface area contributed by atoms with E-state index in [1.54, 1.807) is 18.2 Å². The Balaban J connectivity index is 1.49. The first-order valence-electron chi connectivity index (χ1n) is 11.3. The molecule has 0 bridgehead atoms. The summed E-state index contributed by atoms with van der Waals surface area (Å²) in [5.74, 6) is 0.397. The minimum absolute atomic E-state index is 0.0711. The lowest BCUT2D eigenvalue weighted by Crippen LogP contribution is -2.42. The van der Waals surface area contributed by atoms with Gasteiger partial charge >= 0.3 is 0 Å². The molecule has 1 unspecified atom stereocenters. The lowest BCUT2D eigenvalue weighted by molar-refractivity contribution is -0.127. The van der Waals surface area contributed by atoms with Crippen molar-refractivity contribution in [3.8, 4) is 11.8 Å². The monoisotopic (exact) mass is 467 g/mol. The predicted octanol–water partition coefficient (Wildman–Crippen LogP) is 3.09. The summed E-state index contributed by atoms with van der Waals surface area (Å²) in [5, 5.41) is 3.09. The van der Waals surface area contributed by atoms with Crippen molar-refractivity contribution in [2.75, 3.05) is 27.3 Å². The number of piperidine rings is 1. The van der Waals surface area contributed by atoms with E-state index in [1.165, 1.54) is 32.0 Å². The number of aromatic nitrogens is 3. The molecule has 1 aliphatic rings. The molecule has 2 aromatic heterocycles. The molecule has 1 fully saturated rings. The second-order valence-electron chi connectivity index (χ2n) is 8.46. The van der Waals surface area contributed by atoms with Gasteiger partial charge < -0.3 is 19.4 Å². The minimum atomic E-state index is -0.668. The highest BCUT2D eigenvalue weighted by Crippen LogP contribution is 2.26. The van der Waals surface area contributed by atoms with Gasteiger partial charge in [0.05, 0.1) is 20.3 Å². The largest absolute Gasteiger partial charge is 0.481 e. The zero-order valence-electron chi connectivity index (χ0n) is 19.7. The van der Waals surface area contributed by atoms with Crippen LogP contribution in [0.3, 0.4) is 0 Å². The number of halogens is 1. The van der Waals surface area contributed by atoms with E-state index in [-0.39, 0.29) is 17.6 Å². The first-order chi connectivity index (χ1) is 16.5. The Labute approximate surface area is 198 Å². The quantitative estimate of drug-likeness (QED) is 0.548. The van der Waals surface area contributed by atoms with Crippen LogP contribution in [0.1, 0.15) is 36.0 Å². The number of nitrogens with one attached hydrogen (secondary N) is 1. The fourth-order valence-corrected chi connectivity index (χ4v) is 4.21. The number of rotatable bonds is 8. The molecule has 0 aliphatic carbocycles. The van der Waals surface area contributed by atoms with Crippen molar-refractivity contribution >= 4 is 5.91 Å². The van der Waals surface area contributed by atoms with E-state index >= 15 is 0 Å². The van der Waals surface area contributed by atoms with Gasteiger partial charge in [0.15, 0.2) is 5.82 Å². The Bertz CT molecular complexity index is 1090. The summed E-state index contributed by atoms with van der Waals surface area (Å²) >= 11 is 0. The zero-order chi connectivity index (χ0) is 24.1. The van der Waals surface area contributed by atoms with Gasteiger partial charge in [0, 0.05) is 31.4 Å². The van der Waals surface area contributed by atoms with Crippen LogP contribution in [0.5, 0.6) is 11.8 Å². The Morgan fingerprint density at radius 1 is 1.12 bits per heavy atom. The van der Waals surface area contributed by atoms with Crippen LogP contribution in [-0.4, -0.2) is 52.7 Å². The highest BCUT2D eigenvalue weighted by Gasteiger charge is 2.29. The molecular weight excluding hydrogens is 437 g/mol.